The number of hydrogen-bond donors (Lipinski definition) is 1. The monoisotopic (exact) mass is 273 g/mol. The number of aromatic nitrogens is 1. The van der Waals surface area contributed by atoms with Crippen molar-refractivity contribution in [2.24, 2.45) is 0 Å². The Kier molecular flexibility index (Phi) is 3.47. The zero-order chi connectivity index (χ0) is 13.9. The lowest BCUT2D eigenvalue weighted by molar-refractivity contribution is -0.384. The predicted octanol–water partition coefficient (Wildman–Crippen LogP) is 2.54. The average molecular weight is 273 g/mol. The lowest BCUT2D eigenvalue weighted by Crippen LogP contribution is -2.19. The van der Waals surface area contributed by atoms with Crippen LogP contribution < -0.4 is 5.32 Å². The Bertz CT molecular complexity index is 602. The van der Waals surface area contributed by atoms with Gasteiger partial charge in [-0.3, -0.25) is 10.1 Å². The summed E-state index contributed by atoms with van der Waals surface area (Å²) in [4.78, 5) is 14.4. The number of non-ortho nitro benzene ring substituents is 1. The summed E-state index contributed by atoms with van der Waals surface area (Å²) in [6.45, 7) is 0.866. The van der Waals surface area contributed by atoms with Crippen molar-refractivity contribution in [2.45, 2.75) is 25.3 Å². The van der Waals surface area contributed by atoms with Gasteiger partial charge in [0.15, 0.2) is 11.7 Å². The van der Waals surface area contributed by atoms with Crippen molar-refractivity contribution < 1.29 is 9.34 Å². The second kappa shape index (κ2) is 5.42. The van der Waals surface area contributed by atoms with Gasteiger partial charge in [-0.1, -0.05) is 0 Å². The molecule has 104 valence electrons. The molecule has 1 fully saturated rings. The number of benzene rings is 1. The molecular formula is C14H15N3O3. The number of rotatable bonds is 6. The summed E-state index contributed by atoms with van der Waals surface area (Å²) in [6, 6.07) is 6.95. The van der Waals surface area contributed by atoms with Gasteiger partial charge in [-0.25, -0.2) is 4.98 Å². The number of oxazole rings is 1. The molecule has 0 atom stereocenters. The first-order valence-electron chi connectivity index (χ1n) is 6.65. The van der Waals surface area contributed by atoms with Crippen molar-refractivity contribution in [3.63, 3.8) is 0 Å². The topological polar surface area (TPSA) is 81.2 Å². The van der Waals surface area contributed by atoms with E-state index in [1.54, 1.807) is 18.3 Å². The lowest BCUT2D eigenvalue weighted by Gasteiger charge is -1.99. The second-order valence-corrected chi connectivity index (χ2v) is 4.90. The van der Waals surface area contributed by atoms with Crippen LogP contribution in [0.4, 0.5) is 5.69 Å². The molecule has 1 aromatic carbocycles. The molecule has 1 saturated carbocycles. The van der Waals surface area contributed by atoms with Crippen LogP contribution in [0, 0.1) is 10.1 Å². The van der Waals surface area contributed by atoms with Gasteiger partial charge in [0.25, 0.3) is 5.69 Å². The predicted molar refractivity (Wildman–Crippen MR) is 73.3 cm³/mol. The van der Waals surface area contributed by atoms with Gasteiger partial charge in [0.05, 0.1) is 11.1 Å². The van der Waals surface area contributed by atoms with Crippen LogP contribution in [0.5, 0.6) is 0 Å². The van der Waals surface area contributed by atoms with Gasteiger partial charge in [-0.05, 0) is 25.0 Å². The van der Waals surface area contributed by atoms with Gasteiger partial charge in [-0.2, -0.15) is 0 Å². The fourth-order valence-electron chi connectivity index (χ4n) is 1.98. The van der Waals surface area contributed by atoms with Crippen LogP contribution >= 0.6 is 0 Å². The van der Waals surface area contributed by atoms with E-state index in [2.05, 4.69) is 10.3 Å². The van der Waals surface area contributed by atoms with E-state index in [1.165, 1.54) is 25.0 Å². The zero-order valence-corrected chi connectivity index (χ0v) is 10.9. The van der Waals surface area contributed by atoms with Crippen LogP contribution in [0.2, 0.25) is 0 Å². The molecule has 1 aromatic heterocycles. The Morgan fingerprint density at radius 1 is 1.35 bits per heavy atom. The largest absolute Gasteiger partial charge is 0.441 e. The van der Waals surface area contributed by atoms with Gasteiger partial charge < -0.3 is 9.73 Å². The standard InChI is InChI=1S/C14H15N3O3/c18-17(19)12-5-1-10(2-6-12)13-9-16-14(20-13)7-8-15-11-3-4-11/h1-2,5-6,9,11,15H,3-4,7-8H2. The number of nitrogens with one attached hydrogen (secondary N) is 1. The molecule has 0 radical (unpaired) electrons. The third-order valence-electron chi connectivity index (χ3n) is 3.27. The molecule has 0 spiro atoms. The van der Waals surface area contributed by atoms with Crippen LogP contribution in [0.3, 0.4) is 0 Å². The SMILES string of the molecule is O=[N+]([O-])c1ccc(-c2cnc(CCNC3CC3)o2)cc1. The zero-order valence-electron chi connectivity index (χ0n) is 10.9. The van der Waals surface area contributed by atoms with Crippen molar-refractivity contribution >= 4 is 5.69 Å². The quantitative estimate of drug-likeness (QED) is 0.646. The maximum atomic E-state index is 10.6. The molecule has 20 heavy (non-hydrogen) atoms. The number of nitrogens with zero attached hydrogens (tertiary/aromatic N) is 2. The summed E-state index contributed by atoms with van der Waals surface area (Å²) < 4.78 is 5.65. The summed E-state index contributed by atoms with van der Waals surface area (Å²) in [5.41, 5.74) is 0.867. The Labute approximate surface area is 116 Å². The lowest BCUT2D eigenvalue weighted by atomic mass is 10.2. The Morgan fingerprint density at radius 2 is 2.10 bits per heavy atom. The molecule has 1 N–H and O–H groups in total. The van der Waals surface area contributed by atoms with Crippen molar-refractivity contribution in [3.8, 4) is 11.3 Å². The summed E-state index contributed by atoms with van der Waals surface area (Å²) in [7, 11) is 0. The summed E-state index contributed by atoms with van der Waals surface area (Å²) in [6.07, 6.45) is 4.94. The summed E-state index contributed by atoms with van der Waals surface area (Å²) in [5, 5.41) is 14.0. The van der Waals surface area contributed by atoms with Crippen molar-refractivity contribution in [3.05, 3.63) is 46.5 Å². The molecule has 6 heteroatoms. The molecular weight excluding hydrogens is 258 g/mol. The minimum Gasteiger partial charge on any atom is -0.441 e. The maximum absolute atomic E-state index is 10.6. The summed E-state index contributed by atoms with van der Waals surface area (Å²) in [5.74, 6) is 1.33. The van der Waals surface area contributed by atoms with E-state index in [9.17, 15) is 10.1 Å². The van der Waals surface area contributed by atoms with Gasteiger partial charge in [0.1, 0.15) is 0 Å². The highest BCUT2D eigenvalue weighted by molar-refractivity contribution is 5.58. The van der Waals surface area contributed by atoms with E-state index in [4.69, 9.17) is 4.42 Å². The Balaban J connectivity index is 1.64. The van der Waals surface area contributed by atoms with Gasteiger partial charge >= 0.3 is 0 Å². The fourth-order valence-corrected chi connectivity index (χ4v) is 1.98. The van der Waals surface area contributed by atoms with E-state index in [1.807, 2.05) is 0 Å². The highest BCUT2D eigenvalue weighted by Crippen LogP contribution is 2.23. The number of nitro groups is 1. The summed E-state index contributed by atoms with van der Waals surface area (Å²) >= 11 is 0. The number of hydrogen-bond acceptors (Lipinski definition) is 5. The van der Waals surface area contributed by atoms with E-state index in [-0.39, 0.29) is 5.69 Å². The molecule has 0 bridgehead atoms. The third-order valence-corrected chi connectivity index (χ3v) is 3.27. The smallest absolute Gasteiger partial charge is 0.269 e. The first kappa shape index (κ1) is 12.8. The van der Waals surface area contributed by atoms with Crippen molar-refractivity contribution in [1.29, 1.82) is 0 Å². The van der Waals surface area contributed by atoms with E-state index in [0.717, 1.165) is 18.5 Å². The fraction of sp³-hybridized carbons (Fsp3) is 0.357. The molecule has 0 amide bonds. The minimum absolute atomic E-state index is 0.0714. The Hall–Kier alpha value is -2.21. The molecule has 0 unspecified atom stereocenters. The molecule has 6 nitrogen and oxygen atoms in total. The van der Waals surface area contributed by atoms with Gasteiger partial charge in [0, 0.05) is 36.7 Å². The molecule has 1 aliphatic carbocycles. The van der Waals surface area contributed by atoms with Crippen LogP contribution in [-0.2, 0) is 6.42 Å². The highest BCUT2D eigenvalue weighted by atomic mass is 16.6. The van der Waals surface area contributed by atoms with Crippen LogP contribution in [0.25, 0.3) is 11.3 Å². The van der Waals surface area contributed by atoms with Crippen molar-refractivity contribution in [2.75, 3.05) is 6.54 Å². The first-order chi connectivity index (χ1) is 9.72. The Morgan fingerprint density at radius 3 is 2.75 bits per heavy atom. The molecule has 1 heterocycles. The average Bonchev–Trinajstić information content (AvgIpc) is 3.15. The molecule has 0 aliphatic heterocycles. The molecule has 3 rings (SSSR count). The minimum atomic E-state index is -0.418. The third kappa shape index (κ3) is 3.03. The molecule has 0 saturated heterocycles. The van der Waals surface area contributed by atoms with Gasteiger partial charge in [0.2, 0.25) is 0 Å². The van der Waals surface area contributed by atoms with Crippen LogP contribution in [0.1, 0.15) is 18.7 Å². The molecule has 1 aliphatic rings. The first-order valence-corrected chi connectivity index (χ1v) is 6.65. The van der Waals surface area contributed by atoms with E-state index < -0.39 is 4.92 Å². The normalized spacial score (nSPS) is 14.4. The van der Waals surface area contributed by atoms with Crippen LogP contribution in [-0.4, -0.2) is 22.5 Å². The van der Waals surface area contributed by atoms with E-state index in [0.29, 0.717) is 17.7 Å². The van der Waals surface area contributed by atoms with Crippen LogP contribution in [0.15, 0.2) is 34.9 Å². The molecule has 2 aromatic rings. The second-order valence-electron chi connectivity index (χ2n) is 4.90. The number of nitro benzene ring substituents is 1. The van der Waals surface area contributed by atoms with Crippen molar-refractivity contribution in [1.82, 2.24) is 10.3 Å². The maximum Gasteiger partial charge on any atom is 0.269 e. The van der Waals surface area contributed by atoms with E-state index >= 15 is 0 Å². The highest BCUT2D eigenvalue weighted by Gasteiger charge is 2.20. The van der Waals surface area contributed by atoms with Gasteiger partial charge in [-0.15, -0.1) is 0 Å².